The van der Waals surface area contributed by atoms with Crippen molar-refractivity contribution in [3.05, 3.63) is 34.3 Å². The van der Waals surface area contributed by atoms with E-state index in [9.17, 15) is 9.59 Å². The quantitative estimate of drug-likeness (QED) is 0.812. The highest BCUT2D eigenvalue weighted by molar-refractivity contribution is 9.10. The van der Waals surface area contributed by atoms with E-state index in [1.54, 1.807) is 0 Å². The molecule has 0 aliphatic heterocycles. The summed E-state index contributed by atoms with van der Waals surface area (Å²) in [5.41, 5.74) is 0.870. The van der Waals surface area contributed by atoms with Crippen molar-refractivity contribution in [1.29, 1.82) is 0 Å². The summed E-state index contributed by atoms with van der Waals surface area (Å²) in [6, 6.07) is 7.68. The summed E-state index contributed by atoms with van der Waals surface area (Å²) in [6.45, 7) is 1.96. The van der Waals surface area contributed by atoms with Gasteiger partial charge in [0.15, 0.2) is 6.61 Å². The van der Waals surface area contributed by atoms with Gasteiger partial charge in [-0.25, -0.2) is 0 Å². The Morgan fingerprint density at radius 2 is 1.91 bits per heavy atom. The molecule has 120 valence electrons. The third-order valence-corrected chi connectivity index (χ3v) is 4.61. The van der Waals surface area contributed by atoms with Gasteiger partial charge in [-0.05, 0) is 36.5 Å². The summed E-state index contributed by atoms with van der Waals surface area (Å²) >= 11 is 3.34. The van der Waals surface area contributed by atoms with Crippen LogP contribution in [0.1, 0.15) is 38.2 Å². The molecule has 0 saturated heterocycles. The Balaban J connectivity index is 1.71. The molecule has 1 aliphatic rings. The summed E-state index contributed by atoms with van der Waals surface area (Å²) in [5, 5.41) is 2.97. The van der Waals surface area contributed by atoms with Crippen LogP contribution in [0, 0.1) is 5.92 Å². The molecule has 2 rings (SSSR count). The third-order valence-electron chi connectivity index (χ3n) is 4.08. The molecule has 2 atom stereocenters. The van der Waals surface area contributed by atoms with Gasteiger partial charge < -0.3 is 10.1 Å². The zero-order chi connectivity index (χ0) is 15.9. The highest BCUT2D eigenvalue weighted by Crippen LogP contribution is 2.23. The van der Waals surface area contributed by atoms with E-state index in [1.165, 1.54) is 6.42 Å². The Morgan fingerprint density at radius 3 is 2.59 bits per heavy atom. The second-order valence-corrected chi connectivity index (χ2v) is 6.82. The summed E-state index contributed by atoms with van der Waals surface area (Å²) in [7, 11) is 0. The summed E-state index contributed by atoms with van der Waals surface area (Å²) in [4.78, 5) is 23.6. The highest BCUT2D eigenvalue weighted by Gasteiger charge is 2.23. The minimum Gasteiger partial charge on any atom is -0.455 e. The lowest BCUT2D eigenvalue weighted by Gasteiger charge is -2.29. The van der Waals surface area contributed by atoms with Crippen LogP contribution in [0.3, 0.4) is 0 Å². The standard InChI is InChI=1S/C17H22BrNO3/c1-12-4-2-3-5-15(12)19-16(20)11-22-17(21)10-13-6-8-14(18)9-7-13/h6-9,12,15H,2-5,10-11H2,1H3,(H,19,20)/t12-,15+/m0/s1. The van der Waals surface area contributed by atoms with Gasteiger partial charge in [0.2, 0.25) is 0 Å². The maximum Gasteiger partial charge on any atom is 0.310 e. The SMILES string of the molecule is C[C@H]1CCCC[C@H]1NC(=O)COC(=O)Cc1ccc(Br)cc1. The lowest BCUT2D eigenvalue weighted by molar-refractivity contribution is -0.148. The molecule has 5 heteroatoms. The van der Waals surface area contributed by atoms with Gasteiger partial charge in [0.1, 0.15) is 0 Å². The largest absolute Gasteiger partial charge is 0.455 e. The van der Waals surface area contributed by atoms with Crippen LogP contribution < -0.4 is 5.32 Å². The van der Waals surface area contributed by atoms with Crippen molar-refractivity contribution >= 4 is 27.8 Å². The second kappa shape index (κ2) is 8.32. The smallest absolute Gasteiger partial charge is 0.310 e. The van der Waals surface area contributed by atoms with Gasteiger partial charge in [0, 0.05) is 10.5 Å². The number of hydrogen-bond donors (Lipinski definition) is 1. The van der Waals surface area contributed by atoms with E-state index in [1.807, 2.05) is 24.3 Å². The molecule has 0 unspecified atom stereocenters. The topological polar surface area (TPSA) is 55.4 Å². The fourth-order valence-electron chi connectivity index (χ4n) is 2.75. The highest BCUT2D eigenvalue weighted by atomic mass is 79.9. The fourth-order valence-corrected chi connectivity index (χ4v) is 3.01. The molecular weight excluding hydrogens is 346 g/mol. The van der Waals surface area contributed by atoms with Gasteiger partial charge >= 0.3 is 5.97 Å². The molecule has 22 heavy (non-hydrogen) atoms. The summed E-state index contributed by atoms with van der Waals surface area (Å²) in [5.74, 6) is -0.0896. The number of nitrogens with one attached hydrogen (secondary N) is 1. The number of halogens is 1. The second-order valence-electron chi connectivity index (χ2n) is 5.90. The zero-order valence-electron chi connectivity index (χ0n) is 12.8. The van der Waals surface area contributed by atoms with E-state index in [2.05, 4.69) is 28.2 Å². The van der Waals surface area contributed by atoms with Crippen LogP contribution in [0.2, 0.25) is 0 Å². The molecule has 1 aromatic rings. The molecule has 4 nitrogen and oxygen atoms in total. The van der Waals surface area contributed by atoms with E-state index in [0.29, 0.717) is 5.92 Å². The lowest BCUT2D eigenvalue weighted by atomic mass is 9.86. The van der Waals surface area contributed by atoms with Crippen LogP contribution in [-0.4, -0.2) is 24.5 Å². The fraction of sp³-hybridized carbons (Fsp3) is 0.529. The van der Waals surface area contributed by atoms with Crippen LogP contribution in [0.5, 0.6) is 0 Å². The van der Waals surface area contributed by atoms with Crippen LogP contribution in [0.4, 0.5) is 0 Å². The Kier molecular flexibility index (Phi) is 6.43. The Hall–Kier alpha value is -1.36. The average Bonchev–Trinajstić information content (AvgIpc) is 2.50. The van der Waals surface area contributed by atoms with Crippen molar-refractivity contribution in [3.8, 4) is 0 Å². The van der Waals surface area contributed by atoms with E-state index in [0.717, 1.165) is 29.3 Å². The van der Waals surface area contributed by atoms with E-state index < -0.39 is 0 Å². The number of esters is 1. The maximum atomic E-state index is 11.9. The Bertz CT molecular complexity index is 515. The normalized spacial score (nSPS) is 21.2. The molecule has 1 aliphatic carbocycles. The predicted molar refractivity (Wildman–Crippen MR) is 88.4 cm³/mol. The molecule has 1 amide bonds. The molecule has 1 aromatic carbocycles. The molecular formula is C17H22BrNO3. The average molecular weight is 368 g/mol. The molecule has 0 spiro atoms. The van der Waals surface area contributed by atoms with Gasteiger partial charge in [-0.3, -0.25) is 9.59 Å². The van der Waals surface area contributed by atoms with E-state index in [-0.39, 0.29) is 30.9 Å². The Labute approximate surface area is 139 Å². The summed E-state index contributed by atoms with van der Waals surface area (Å²) < 4.78 is 6.02. The zero-order valence-corrected chi connectivity index (χ0v) is 14.4. The number of rotatable bonds is 5. The molecule has 1 N–H and O–H groups in total. The van der Waals surface area contributed by atoms with Crippen molar-refractivity contribution in [1.82, 2.24) is 5.32 Å². The number of carbonyl (C=O) groups is 2. The first-order valence-corrected chi connectivity index (χ1v) is 8.53. The van der Waals surface area contributed by atoms with E-state index >= 15 is 0 Å². The molecule has 1 saturated carbocycles. The van der Waals surface area contributed by atoms with Crippen molar-refractivity contribution < 1.29 is 14.3 Å². The first kappa shape index (κ1) is 17.0. The maximum absolute atomic E-state index is 11.9. The van der Waals surface area contributed by atoms with Crippen LogP contribution >= 0.6 is 15.9 Å². The molecule has 0 aromatic heterocycles. The van der Waals surface area contributed by atoms with Gasteiger partial charge in [-0.2, -0.15) is 0 Å². The van der Waals surface area contributed by atoms with Crippen LogP contribution in [0.15, 0.2) is 28.7 Å². The molecule has 0 bridgehead atoms. The number of hydrogen-bond acceptors (Lipinski definition) is 3. The van der Waals surface area contributed by atoms with Crippen molar-refractivity contribution in [2.75, 3.05) is 6.61 Å². The molecule has 0 radical (unpaired) electrons. The number of ether oxygens (including phenoxy) is 1. The minimum atomic E-state index is -0.380. The van der Waals surface area contributed by atoms with Gasteiger partial charge in [-0.15, -0.1) is 0 Å². The van der Waals surface area contributed by atoms with E-state index in [4.69, 9.17) is 4.74 Å². The number of carbonyl (C=O) groups excluding carboxylic acids is 2. The van der Waals surface area contributed by atoms with Crippen molar-refractivity contribution in [2.45, 2.75) is 45.1 Å². The van der Waals surface area contributed by atoms with Gasteiger partial charge in [0.05, 0.1) is 6.42 Å². The molecule has 1 fully saturated rings. The van der Waals surface area contributed by atoms with Crippen molar-refractivity contribution in [3.63, 3.8) is 0 Å². The van der Waals surface area contributed by atoms with Crippen LogP contribution in [-0.2, 0) is 20.7 Å². The first-order chi connectivity index (χ1) is 10.5. The minimum absolute atomic E-state index is 0.181. The Morgan fingerprint density at radius 1 is 1.23 bits per heavy atom. The van der Waals surface area contributed by atoms with Gasteiger partial charge in [0.25, 0.3) is 5.91 Å². The number of amides is 1. The summed E-state index contributed by atoms with van der Waals surface area (Å²) in [6.07, 6.45) is 4.72. The van der Waals surface area contributed by atoms with Crippen LogP contribution in [0.25, 0.3) is 0 Å². The number of benzene rings is 1. The monoisotopic (exact) mass is 367 g/mol. The molecule has 0 heterocycles. The first-order valence-electron chi connectivity index (χ1n) is 7.74. The predicted octanol–water partition coefficient (Wildman–Crippen LogP) is 3.23. The third kappa shape index (κ3) is 5.44. The van der Waals surface area contributed by atoms with Crippen molar-refractivity contribution in [2.24, 2.45) is 5.92 Å². The van der Waals surface area contributed by atoms with Gasteiger partial charge in [-0.1, -0.05) is 47.8 Å². The lowest BCUT2D eigenvalue weighted by Crippen LogP contribution is -2.42.